The monoisotopic (exact) mass is 521 g/mol. The molecule has 4 rings (SSSR count). The van der Waals surface area contributed by atoms with E-state index in [1.165, 1.54) is 0 Å². The summed E-state index contributed by atoms with van der Waals surface area (Å²) in [4.78, 5) is 15.5. The number of rotatable bonds is 11. The van der Waals surface area contributed by atoms with Gasteiger partial charge in [-0.15, -0.1) is 0 Å². The van der Waals surface area contributed by atoms with Gasteiger partial charge in [0.1, 0.15) is 5.54 Å². The number of hydrogen-bond donors (Lipinski definition) is 0. The summed E-state index contributed by atoms with van der Waals surface area (Å²) in [6.45, 7) is 17.5. The van der Waals surface area contributed by atoms with Crippen LogP contribution in [0.2, 0.25) is 18.1 Å². The molecule has 1 saturated heterocycles. The minimum Gasteiger partial charge on any atom is -0.439 e. The van der Waals surface area contributed by atoms with Crippen LogP contribution < -0.4 is 0 Å². The molecular weight excluding hydrogens is 478 g/mol. The summed E-state index contributed by atoms with van der Waals surface area (Å²) in [5, 5.41) is 0.0623. The number of carbonyl (C=O) groups is 1. The summed E-state index contributed by atoms with van der Waals surface area (Å²) in [6.07, 6.45) is 2.50. The highest BCUT2D eigenvalue weighted by Gasteiger charge is 2.61. The third-order valence-electron chi connectivity index (χ3n) is 8.63. The lowest BCUT2D eigenvalue weighted by Gasteiger charge is -2.51. The van der Waals surface area contributed by atoms with Crippen molar-refractivity contribution in [1.29, 1.82) is 0 Å². The molecule has 2 fully saturated rings. The van der Waals surface area contributed by atoms with Crippen LogP contribution in [0.3, 0.4) is 0 Å². The van der Waals surface area contributed by atoms with Crippen molar-refractivity contribution in [2.24, 2.45) is 5.92 Å². The number of ether oxygens (including phenoxy) is 2. The smallest absolute Gasteiger partial charge is 0.411 e. The van der Waals surface area contributed by atoms with Gasteiger partial charge in [0.25, 0.3) is 0 Å². The fourth-order valence-corrected chi connectivity index (χ4v) is 6.09. The molecule has 37 heavy (non-hydrogen) atoms. The van der Waals surface area contributed by atoms with Crippen molar-refractivity contribution >= 4 is 14.4 Å². The van der Waals surface area contributed by atoms with Crippen LogP contribution in [0.5, 0.6) is 0 Å². The number of hydrogen-bond acceptors (Lipinski definition) is 4. The maximum absolute atomic E-state index is 13.5. The second-order valence-electron chi connectivity index (χ2n) is 12.1. The zero-order valence-corrected chi connectivity index (χ0v) is 24.2. The molecule has 2 aromatic rings. The number of cyclic esters (lactones) is 1. The molecule has 200 valence electrons. The van der Waals surface area contributed by atoms with Crippen LogP contribution >= 0.6 is 0 Å². The van der Waals surface area contributed by atoms with Gasteiger partial charge < -0.3 is 13.9 Å². The molecule has 1 saturated carbocycles. The van der Waals surface area contributed by atoms with Crippen molar-refractivity contribution < 1.29 is 18.7 Å². The molecule has 0 spiro atoms. The van der Waals surface area contributed by atoms with Crippen molar-refractivity contribution in [2.75, 3.05) is 13.2 Å². The van der Waals surface area contributed by atoms with E-state index in [1.54, 1.807) is 0 Å². The molecule has 1 heterocycles. The first-order valence-corrected chi connectivity index (χ1v) is 16.4. The molecule has 5 nitrogen and oxygen atoms in total. The SMILES string of the molecule is C=C(COCc1ccccc1)[C@H]1OC(=O)N(Cc2ccccc2)[C@]1(CO[Si](C)(C)C(C)(C)C)C1CCC1. The lowest BCUT2D eigenvalue weighted by atomic mass is 9.66. The minimum atomic E-state index is -2.09. The van der Waals surface area contributed by atoms with E-state index in [4.69, 9.17) is 13.9 Å². The third-order valence-corrected chi connectivity index (χ3v) is 13.1. The Hall–Kier alpha value is -2.41. The largest absolute Gasteiger partial charge is 0.439 e. The molecular formula is C31H43NO4Si. The Morgan fingerprint density at radius 3 is 2.19 bits per heavy atom. The molecule has 2 aromatic carbocycles. The van der Waals surface area contributed by atoms with Crippen LogP contribution in [0.1, 0.15) is 51.2 Å². The highest BCUT2D eigenvalue weighted by atomic mass is 28.4. The maximum Gasteiger partial charge on any atom is 0.411 e. The zero-order chi connectivity index (χ0) is 26.7. The summed E-state index contributed by atoms with van der Waals surface area (Å²) >= 11 is 0. The van der Waals surface area contributed by atoms with Crippen LogP contribution in [0, 0.1) is 5.92 Å². The van der Waals surface area contributed by atoms with Crippen LogP contribution in [0.25, 0.3) is 0 Å². The molecule has 2 atom stereocenters. The topological polar surface area (TPSA) is 48.0 Å². The van der Waals surface area contributed by atoms with Gasteiger partial charge in [0, 0.05) is 6.54 Å². The zero-order valence-electron chi connectivity index (χ0n) is 23.2. The van der Waals surface area contributed by atoms with Gasteiger partial charge in [0.2, 0.25) is 0 Å². The second-order valence-corrected chi connectivity index (χ2v) is 16.9. The van der Waals surface area contributed by atoms with E-state index in [9.17, 15) is 4.79 Å². The number of benzene rings is 2. The Bertz CT molecular complexity index is 1060. The lowest BCUT2D eigenvalue weighted by molar-refractivity contribution is -0.0267. The fraction of sp³-hybridized carbons (Fsp3) is 0.516. The minimum absolute atomic E-state index is 0.0623. The van der Waals surface area contributed by atoms with Gasteiger partial charge in [0.15, 0.2) is 14.4 Å². The third kappa shape index (κ3) is 5.87. The van der Waals surface area contributed by atoms with Crippen LogP contribution in [0.4, 0.5) is 4.79 Å². The number of nitrogens with zero attached hydrogens (tertiary/aromatic N) is 1. The molecule has 0 bridgehead atoms. The predicted octanol–water partition coefficient (Wildman–Crippen LogP) is 7.34. The molecule has 6 heteroatoms. The molecule has 0 unspecified atom stereocenters. The van der Waals surface area contributed by atoms with Gasteiger partial charge in [-0.05, 0) is 53.6 Å². The van der Waals surface area contributed by atoms with Crippen LogP contribution in [-0.4, -0.2) is 44.2 Å². The predicted molar refractivity (Wildman–Crippen MR) is 151 cm³/mol. The van der Waals surface area contributed by atoms with E-state index in [2.05, 4.69) is 52.6 Å². The van der Waals surface area contributed by atoms with Crippen molar-refractivity contribution in [2.45, 2.75) is 83.0 Å². The Labute approximate surface area is 223 Å². The first-order chi connectivity index (χ1) is 17.5. The van der Waals surface area contributed by atoms with Crippen LogP contribution in [0.15, 0.2) is 72.8 Å². The number of amides is 1. The van der Waals surface area contributed by atoms with E-state index in [1.807, 2.05) is 53.4 Å². The van der Waals surface area contributed by atoms with Gasteiger partial charge in [-0.2, -0.15) is 0 Å². The van der Waals surface area contributed by atoms with E-state index >= 15 is 0 Å². The lowest BCUT2D eigenvalue weighted by Crippen LogP contribution is -2.63. The summed E-state index contributed by atoms with van der Waals surface area (Å²) in [5.41, 5.74) is 2.39. The van der Waals surface area contributed by atoms with Crippen LogP contribution in [-0.2, 0) is 27.1 Å². The van der Waals surface area contributed by atoms with E-state index in [0.717, 1.165) is 36.0 Å². The number of carbonyl (C=O) groups excluding carboxylic acids is 1. The second kappa shape index (κ2) is 11.1. The molecule has 0 radical (unpaired) electrons. The standard InChI is InChI=1S/C31H43NO4Si/c1-24(21-34-22-26-16-11-8-12-17-26)28-31(27-18-13-19-27,23-35-37(5,6)30(2,3)4)32(29(33)36-28)20-25-14-9-7-10-15-25/h7-12,14-17,27-28H,1,13,18-23H2,2-6H3/t28-,31-/m1/s1. The summed E-state index contributed by atoms with van der Waals surface area (Å²) in [6, 6.07) is 20.3. The van der Waals surface area contributed by atoms with Gasteiger partial charge in [-0.1, -0.05) is 94.4 Å². The van der Waals surface area contributed by atoms with Gasteiger partial charge in [-0.3, -0.25) is 4.90 Å². The highest BCUT2D eigenvalue weighted by Crippen LogP contribution is 2.50. The quantitative estimate of drug-likeness (QED) is 0.229. The van der Waals surface area contributed by atoms with Gasteiger partial charge in [-0.25, -0.2) is 4.79 Å². The molecule has 1 amide bonds. The van der Waals surface area contributed by atoms with E-state index in [0.29, 0.717) is 32.3 Å². The Kier molecular flexibility index (Phi) is 8.31. The highest BCUT2D eigenvalue weighted by molar-refractivity contribution is 6.74. The normalized spacial score (nSPS) is 22.6. The fourth-order valence-electron chi connectivity index (χ4n) is 5.07. The first kappa shape index (κ1) is 27.6. The summed E-state index contributed by atoms with van der Waals surface area (Å²) in [7, 11) is -2.09. The van der Waals surface area contributed by atoms with Gasteiger partial charge in [0.05, 0.1) is 19.8 Å². The first-order valence-electron chi connectivity index (χ1n) is 13.5. The Balaban J connectivity index is 1.63. The molecule has 1 aliphatic heterocycles. The Morgan fingerprint density at radius 1 is 1.05 bits per heavy atom. The maximum atomic E-state index is 13.5. The van der Waals surface area contributed by atoms with E-state index in [-0.39, 0.29) is 11.1 Å². The average molecular weight is 522 g/mol. The molecule has 2 aliphatic rings. The molecule has 0 N–H and O–H groups in total. The molecule has 1 aliphatic carbocycles. The molecule has 0 aromatic heterocycles. The van der Waals surface area contributed by atoms with Crippen molar-refractivity contribution in [3.05, 3.63) is 83.9 Å². The average Bonchev–Trinajstić information content (AvgIpc) is 3.09. The van der Waals surface area contributed by atoms with Crippen molar-refractivity contribution in [1.82, 2.24) is 4.90 Å². The van der Waals surface area contributed by atoms with E-state index < -0.39 is 20.0 Å². The Morgan fingerprint density at radius 2 is 1.65 bits per heavy atom. The van der Waals surface area contributed by atoms with Gasteiger partial charge >= 0.3 is 6.09 Å². The van der Waals surface area contributed by atoms with Crippen molar-refractivity contribution in [3.63, 3.8) is 0 Å². The summed E-state index contributed by atoms with van der Waals surface area (Å²) in [5.74, 6) is 0.295. The summed E-state index contributed by atoms with van der Waals surface area (Å²) < 4.78 is 19.1. The van der Waals surface area contributed by atoms with Crippen molar-refractivity contribution in [3.8, 4) is 0 Å².